The highest BCUT2D eigenvalue weighted by atomic mass is 79.9. The first-order valence-electron chi connectivity index (χ1n) is 5.80. The summed E-state index contributed by atoms with van der Waals surface area (Å²) < 4.78 is 12.0. The topological polar surface area (TPSA) is 30.5 Å². The Morgan fingerprint density at radius 2 is 2.12 bits per heavy atom. The van der Waals surface area contributed by atoms with E-state index in [4.69, 9.17) is 9.47 Å². The summed E-state index contributed by atoms with van der Waals surface area (Å²) in [7, 11) is 3.43. The van der Waals surface area contributed by atoms with Crippen LogP contribution < -0.4 is 14.8 Å². The Morgan fingerprint density at radius 3 is 2.65 bits per heavy atom. The number of methoxy groups -OCH3 is 2. The van der Waals surface area contributed by atoms with Crippen molar-refractivity contribution in [2.75, 3.05) is 27.3 Å². The number of hydrogen-bond donors (Lipinski definition) is 1. The van der Waals surface area contributed by atoms with Crippen LogP contribution in [0.15, 0.2) is 10.5 Å². The van der Waals surface area contributed by atoms with E-state index in [2.05, 4.69) is 27.3 Å². The van der Waals surface area contributed by atoms with Crippen LogP contribution in [0.25, 0.3) is 0 Å². The maximum Gasteiger partial charge on any atom is 0.137 e. The molecule has 1 aromatic rings. The van der Waals surface area contributed by atoms with Gasteiger partial charge in [0.1, 0.15) is 11.5 Å². The quantitative estimate of drug-likeness (QED) is 0.931. The predicted molar refractivity (Wildman–Crippen MR) is 72.2 cm³/mol. The van der Waals surface area contributed by atoms with E-state index in [1.54, 1.807) is 14.2 Å². The van der Waals surface area contributed by atoms with E-state index in [1.165, 1.54) is 5.56 Å². The van der Waals surface area contributed by atoms with Gasteiger partial charge in [-0.3, -0.25) is 0 Å². The lowest BCUT2D eigenvalue weighted by molar-refractivity contribution is 0.391. The van der Waals surface area contributed by atoms with Crippen molar-refractivity contribution >= 4 is 15.9 Å². The van der Waals surface area contributed by atoms with Crippen molar-refractivity contribution in [1.82, 2.24) is 5.32 Å². The zero-order valence-corrected chi connectivity index (χ0v) is 12.1. The van der Waals surface area contributed by atoms with E-state index >= 15 is 0 Å². The van der Waals surface area contributed by atoms with E-state index in [0.29, 0.717) is 5.92 Å². The lowest BCUT2D eigenvalue weighted by Crippen LogP contribution is -2.09. The number of hydrogen-bond acceptors (Lipinski definition) is 3. The van der Waals surface area contributed by atoms with Gasteiger partial charge in [0.05, 0.1) is 18.7 Å². The molecule has 1 aliphatic heterocycles. The summed E-state index contributed by atoms with van der Waals surface area (Å²) in [6.45, 7) is 4.11. The van der Waals surface area contributed by atoms with Crippen LogP contribution in [0.2, 0.25) is 0 Å². The second-order valence-electron chi connectivity index (χ2n) is 4.33. The lowest BCUT2D eigenvalue weighted by Gasteiger charge is -2.19. The summed E-state index contributed by atoms with van der Waals surface area (Å²) in [6, 6.07) is 2.11. The summed E-state index contributed by atoms with van der Waals surface area (Å²) in [4.78, 5) is 0. The lowest BCUT2D eigenvalue weighted by atomic mass is 9.95. The van der Waals surface area contributed by atoms with Crippen LogP contribution in [0.4, 0.5) is 0 Å². The van der Waals surface area contributed by atoms with Crippen molar-refractivity contribution in [1.29, 1.82) is 0 Å². The third kappa shape index (κ3) is 2.29. The first-order chi connectivity index (χ1) is 8.19. The maximum absolute atomic E-state index is 5.54. The monoisotopic (exact) mass is 299 g/mol. The Balaban J connectivity index is 2.51. The predicted octanol–water partition coefficient (Wildman–Crippen LogP) is 2.85. The van der Waals surface area contributed by atoms with E-state index in [0.717, 1.165) is 41.0 Å². The molecular formula is C13H18BrNO2. The van der Waals surface area contributed by atoms with E-state index in [-0.39, 0.29) is 0 Å². The fourth-order valence-electron chi connectivity index (χ4n) is 2.36. The molecule has 0 aliphatic carbocycles. The summed E-state index contributed by atoms with van der Waals surface area (Å²) in [5.41, 5.74) is 2.31. The minimum absolute atomic E-state index is 0.510. The second kappa shape index (κ2) is 5.27. The molecule has 0 radical (unpaired) electrons. The molecule has 94 valence electrons. The number of ether oxygens (including phenoxy) is 2. The van der Waals surface area contributed by atoms with Crippen molar-refractivity contribution in [2.24, 2.45) is 0 Å². The van der Waals surface area contributed by atoms with Gasteiger partial charge in [0.2, 0.25) is 0 Å². The van der Waals surface area contributed by atoms with Gasteiger partial charge in [-0.2, -0.15) is 0 Å². The van der Waals surface area contributed by atoms with E-state index < -0.39 is 0 Å². The molecular weight excluding hydrogens is 282 g/mol. The number of rotatable bonds is 3. The number of halogens is 1. The molecule has 0 bridgehead atoms. The normalized spacial score (nSPS) is 19.4. The molecule has 1 saturated heterocycles. The molecule has 17 heavy (non-hydrogen) atoms. The average molecular weight is 300 g/mol. The van der Waals surface area contributed by atoms with Gasteiger partial charge in [-0.1, -0.05) is 0 Å². The first kappa shape index (κ1) is 12.7. The van der Waals surface area contributed by atoms with Crippen molar-refractivity contribution in [3.63, 3.8) is 0 Å². The van der Waals surface area contributed by atoms with Crippen LogP contribution in [0.1, 0.15) is 23.5 Å². The molecule has 0 spiro atoms. The highest BCUT2D eigenvalue weighted by Crippen LogP contribution is 2.42. The van der Waals surface area contributed by atoms with E-state index in [9.17, 15) is 0 Å². The highest BCUT2D eigenvalue weighted by molar-refractivity contribution is 9.10. The molecule has 2 rings (SSSR count). The summed E-state index contributed by atoms with van der Waals surface area (Å²) in [5.74, 6) is 2.37. The Bertz CT molecular complexity index is 414. The van der Waals surface area contributed by atoms with Gasteiger partial charge in [-0.15, -0.1) is 0 Å². The minimum Gasteiger partial charge on any atom is -0.496 e. The standard InChI is InChI=1S/C13H18BrNO2/c1-8-11(16-2)6-10(9-4-5-15-7-9)13(17-3)12(8)14/h6,9,15H,4-5,7H2,1-3H3. The van der Waals surface area contributed by atoms with Gasteiger partial charge in [0.15, 0.2) is 0 Å². The number of nitrogens with one attached hydrogen (secondary N) is 1. The van der Waals surface area contributed by atoms with Gasteiger partial charge < -0.3 is 14.8 Å². The summed E-state index contributed by atoms with van der Waals surface area (Å²) in [6.07, 6.45) is 1.15. The molecule has 3 nitrogen and oxygen atoms in total. The Labute approximate surface area is 111 Å². The van der Waals surface area contributed by atoms with E-state index in [1.807, 2.05) is 6.92 Å². The largest absolute Gasteiger partial charge is 0.496 e. The Morgan fingerprint density at radius 1 is 1.35 bits per heavy atom. The molecule has 1 aliphatic rings. The molecule has 4 heteroatoms. The molecule has 0 saturated carbocycles. The zero-order chi connectivity index (χ0) is 12.4. The Hall–Kier alpha value is -0.740. The van der Waals surface area contributed by atoms with Crippen LogP contribution in [0, 0.1) is 6.92 Å². The van der Waals surface area contributed by atoms with Crippen molar-refractivity contribution in [2.45, 2.75) is 19.3 Å². The molecule has 0 aromatic heterocycles. The zero-order valence-electron chi connectivity index (χ0n) is 10.5. The molecule has 1 fully saturated rings. The van der Waals surface area contributed by atoms with Crippen LogP contribution in [0.5, 0.6) is 11.5 Å². The van der Waals surface area contributed by atoms with Gasteiger partial charge >= 0.3 is 0 Å². The van der Waals surface area contributed by atoms with Gasteiger partial charge in [-0.25, -0.2) is 0 Å². The first-order valence-corrected chi connectivity index (χ1v) is 6.60. The average Bonchev–Trinajstić information content (AvgIpc) is 2.86. The van der Waals surface area contributed by atoms with Crippen molar-refractivity contribution in [3.05, 3.63) is 21.7 Å². The van der Waals surface area contributed by atoms with Crippen molar-refractivity contribution < 1.29 is 9.47 Å². The van der Waals surface area contributed by atoms with Crippen LogP contribution in [-0.4, -0.2) is 27.3 Å². The fourth-order valence-corrected chi connectivity index (χ4v) is 2.95. The molecule has 0 amide bonds. The summed E-state index contributed by atoms with van der Waals surface area (Å²) >= 11 is 3.60. The van der Waals surface area contributed by atoms with Gasteiger partial charge in [-0.05, 0) is 41.9 Å². The van der Waals surface area contributed by atoms with Crippen LogP contribution >= 0.6 is 15.9 Å². The molecule has 1 N–H and O–H groups in total. The molecule has 1 heterocycles. The molecule has 1 aromatic carbocycles. The minimum atomic E-state index is 0.510. The third-order valence-electron chi connectivity index (χ3n) is 3.37. The smallest absolute Gasteiger partial charge is 0.137 e. The number of benzene rings is 1. The summed E-state index contributed by atoms with van der Waals surface area (Å²) in [5, 5.41) is 3.38. The molecule has 1 unspecified atom stereocenters. The SMILES string of the molecule is COc1cc(C2CCNC2)c(OC)c(Br)c1C. The van der Waals surface area contributed by atoms with Gasteiger partial charge in [0.25, 0.3) is 0 Å². The Kier molecular flexibility index (Phi) is 3.94. The second-order valence-corrected chi connectivity index (χ2v) is 5.12. The fraction of sp³-hybridized carbons (Fsp3) is 0.538. The van der Waals surface area contributed by atoms with Crippen molar-refractivity contribution in [3.8, 4) is 11.5 Å². The molecule has 1 atom stereocenters. The van der Waals surface area contributed by atoms with Crippen LogP contribution in [-0.2, 0) is 0 Å². The maximum atomic E-state index is 5.54. The highest BCUT2D eigenvalue weighted by Gasteiger charge is 2.24. The third-order valence-corrected chi connectivity index (χ3v) is 4.33. The van der Waals surface area contributed by atoms with Crippen LogP contribution in [0.3, 0.4) is 0 Å². The van der Waals surface area contributed by atoms with Gasteiger partial charge in [0, 0.05) is 23.6 Å².